The molecule has 0 aromatic heterocycles. The number of ether oxygens (including phenoxy) is 7. The van der Waals surface area contributed by atoms with E-state index in [-0.39, 0.29) is 0 Å². The number of hydrogen-bond donors (Lipinski definition) is 14. The highest BCUT2D eigenvalue weighted by molar-refractivity contribution is 7.44. The molecule has 25 heteroatoms. The SMILES string of the molecule is O=P([O-])(O)OC[C@H]1O[C@H](O[C@H]2[C@H](O)[C@@H](O)[C@@H](O[C@H]3[C@H](O)[C@@H](O)[C@@H](O)O[C@@H]3CO)O[C@@H]2CO)[C@H](O)[C@@H](O)[C@@H]1O[C@H]1O[C@H](CO)[C@@H](O)[C@H](O)[C@H]1O. The first-order chi connectivity index (χ1) is 22.9. The Bertz CT molecular complexity index is 1080. The fraction of sp³-hybridized carbons (Fsp3) is 1.00. The monoisotopic (exact) mass is 745 g/mol. The average Bonchev–Trinajstić information content (AvgIpc) is 3.06. The van der Waals surface area contributed by atoms with Gasteiger partial charge in [-0.1, -0.05) is 0 Å². The maximum atomic E-state index is 11.3. The Kier molecular flexibility index (Phi) is 14.2. The summed E-state index contributed by atoms with van der Waals surface area (Å²) in [5.41, 5.74) is 0. The molecule has 0 aromatic rings. The number of aliphatic hydroxyl groups excluding tert-OH is 13. The van der Waals surface area contributed by atoms with Gasteiger partial charge in [-0.05, 0) is 0 Å². The molecule has 288 valence electrons. The Morgan fingerprint density at radius 3 is 1.31 bits per heavy atom. The number of phosphoric acid groups is 1. The second-order valence-electron chi connectivity index (χ2n) is 11.7. The third-order valence-corrected chi connectivity index (χ3v) is 8.90. The molecule has 14 N–H and O–H groups in total. The van der Waals surface area contributed by atoms with Crippen LogP contribution in [0.2, 0.25) is 0 Å². The number of hydrogen-bond acceptors (Lipinski definition) is 23. The van der Waals surface area contributed by atoms with Crippen LogP contribution in [0.25, 0.3) is 0 Å². The Balaban J connectivity index is 1.50. The molecule has 4 aliphatic heterocycles. The van der Waals surface area contributed by atoms with Gasteiger partial charge in [-0.2, -0.15) is 0 Å². The molecule has 4 aliphatic rings. The summed E-state index contributed by atoms with van der Waals surface area (Å²) in [7, 11) is -5.48. The molecule has 49 heavy (non-hydrogen) atoms. The molecule has 4 saturated heterocycles. The summed E-state index contributed by atoms with van der Waals surface area (Å²) in [6, 6.07) is 0. The Morgan fingerprint density at radius 2 is 0.857 bits per heavy atom. The van der Waals surface area contributed by atoms with E-state index in [1.165, 1.54) is 0 Å². The largest absolute Gasteiger partial charge is 0.756 e. The molecule has 0 spiro atoms. The first-order valence-corrected chi connectivity index (χ1v) is 16.3. The van der Waals surface area contributed by atoms with Crippen molar-refractivity contribution in [3.05, 3.63) is 0 Å². The molecular weight excluding hydrogens is 703 g/mol. The van der Waals surface area contributed by atoms with Crippen molar-refractivity contribution in [1.82, 2.24) is 0 Å². The highest BCUT2D eigenvalue weighted by Gasteiger charge is 2.55. The predicted molar refractivity (Wildman–Crippen MR) is 143 cm³/mol. The molecular formula is C24H42O24P-. The van der Waals surface area contributed by atoms with Gasteiger partial charge in [0, 0.05) is 0 Å². The minimum atomic E-state index is -5.48. The lowest BCUT2D eigenvalue weighted by Crippen LogP contribution is -2.67. The Labute approximate surface area is 275 Å². The lowest BCUT2D eigenvalue weighted by molar-refractivity contribution is -0.387. The van der Waals surface area contributed by atoms with Crippen LogP contribution in [0.15, 0.2) is 0 Å². The topological polar surface area (TPSA) is 397 Å². The zero-order valence-corrected chi connectivity index (χ0v) is 26.1. The molecule has 1 unspecified atom stereocenters. The van der Waals surface area contributed by atoms with Crippen LogP contribution < -0.4 is 4.89 Å². The minimum absolute atomic E-state index is 0.852. The average molecular weight is 746 g/mol. The summed E-state index contributed by atoms with van der Waals surface area (Å²) in [5.74, 6) is 0. The zero-order valence-electron chi connectivity index (χ0n) is 25.2. The van der Waals surface area contributed by atoms with Gasteiger partial charge < -0.3 is 114 Å². The lowest BCUT2D eigenvalue weighted by Gasteiger charge is -2.49. The van der Waals surface area contributed by atoms with E-state index in [0.29, 0.717) is 0 Å². The summed E-state index contributed by atoms with van der Waals surface area (Å²) in [4.78, 5) is 20.5. The second-order valence-corrected chi connectivity index (χ2v) is 12.9. The lowest BCUT2D eigenvalue weighted by atomic mass is 9.95. The number of rotatable bonds is 12. The van der Waals surface area contributed by atoms with Crippen LogP contribution in [0.4, 0.5) is 0 Å². The third kappa shape index (κ3) is 9.10. The summed E-state index contributed by atoms with van der Waals surface area (Å²) in [6.07, 6.45) is -37.9. The molecule has 24 nitrogen and oxygen atoms in total. The normalized spacial score (nSPS) is 50.9. The van der Waals surface area contributed by atoms with E-state index in [1.54, 1.807) is 0 Å². The number of phosphoric ester groups is 1. The second kappa shape index (κ2) is 17.0. The van der Waals surface area contributed by atoms with Crippen LogP contribution in [0.5, 0.6) is 0 Å². The summed E-state index contributed by atoms with van der Waals surface area (Å²) in [5, 5.41) is 133. The van der Waals surface area contributed by atoms with Crippen LogP contribution in [0.3, 0.4) is 0 Å². The van der Waals surface area contributed by atoms with Gasteiger partial charge in [0.05, 0.1) is 26.4 Å². The summed E-state index contributed by atoms with van der Waals surface area (Å²) in [6.45, 7) is -3.88. The predicted octanol–water partition coefficient (Wildman–Crippen LogP) is -10.3. The van der Waals surface area contributed by atoms with Gasteiger partial charge in [-0.25, -0.2) is 0 Å². The van der Waals surface area contributed by atoms with Gasteiger partial charge in [-0.15, -0.1) is 0 Å². The molecule has 0 aromatic carbocycles. The van der Waals surface area contributed by atoms with E-state index in [2.05, 4.69) is 4.52 Å². The quantitative estimate of drug-likeness (QED) is 0.0824. The van der Waals surface area contributed by atoms with Crippen LogP contribution in [0, 0.1) is 0 Å². The maximum absolute atomic E-state index is 11.3. The van der Waals surface area contributed by atoms with E-state index in [1.807, 2.05) is 0 Å². The molecule has 4 fully saturated rings. The maximum Gasteiger partial charge on any atom is 0.265 e. The molecule has 0 radical (unpaired) electrons. The molecule has 0 bridgehead atoms. The van der Waals surface area contributed by atoms with Crippen molar-refractivity contribution in [2.45, 2.75) is 123 Å². The van der Waals surface area contributed by atoms with Crippen LogP contribution >= 0.6 is 7.82 Å². The highest BCUT2D eigenvalue weighted by Crippen LogP contribution is 2.36. The van der Waals surface area contributed by atoms with Crippen molar-refractivity contribution < 1.29 is 118 Å². The molecule has 4 rings (SSSR count). The smallest absolute Gasteiger partial charge is 0.265 e. The minimum Gasteiger partial charge on any atom is -0.756 e. The van der Waals surface area contributed by atoms with Crippen molar-refractivity contribution in [2.24, 2.45) is 0 Å². The fourth-order valence-electron chi connectivity index (χ4n) is 5.70. The van der Waals surface area contributed by atoms with Gasteiger partial charge in [0.25, 0.3) is 7.82 Å². The standard InChI is InChI=1S/C24H43O24P/c25-1-5-9(28)10(29)15(34)22(43-5)48-20-8(4-41-49(38,39)40)45-24(17(36)13(20)32)47-19-7(3-27)44-23(16(35)12(19)31)46-18-6(2-26)42-21(37)14(33)11(18)30/h5-37H,1-4H2,(H2,38,39,40)/p-1/t5-,6-,7-,8-,9-,10+,11-,12-,13-,14-,15-,16-,17-,18-,19-,20-,21+,22-,23-,24-/m1/s1. The van der Waals surface area contributed by atoms with E-state index in [9.17, 15) is 75.8 Å². The molecule has 21 atom stereocenters. The molecule has 0 saturated carbocycles. The van der Waals surface area contributed by atoms with Gasteiger partial charge in [0.1, 0.15) is 97.7 Å². The van der Waals surface area contributed by atoms with E-state index < -0.39 is 157 Å². The van der Waals surface area contributed by atoms with Crippen molar-refractivity contribution in [1.29, 1.82) is 0 Å². The Morgan fingerprint density at radius 1 is 0.490 bits per heavy atom. The number of aliphatic hydroxyl groups is 13. The Hall–Kier alpha value is -0.690. The van der Waals surface area contributed by atoms with E-state index in [0.717, 1.165) is 0 Å². The van der Waals surface area contributed by atoms with Crippen LogP contribution in [0.1, 0.15) is 0 Å². The van der Waals surface area contributed by atoms with Crippen molar-refractivity contribution in [2.75, 3.05) is 26.4 Å². The first kappa shape index (κ1) is 41.1. The summed E-state index contributed by atoms with van der Waals surface area (Å²) < 4.78 is 53.3. The summed E-state index contributed by atoms with van der Waals surface area (Å²) >= 11 is 0. The van der Waals surface area contributed by atoms with Crippen molar-refractivity contribution in [3.8, 4) is 0 Å². The van der Waals surface area contributed by atoms with Gasteiger partial charge in [-0.3, -0.25) is 4.57 Å². The van der Waals surface area contributed by atoms with Crippen LogP contribution in [-0.2, 0) is 42.2 Å². The van der Waals surface area contributed by atoms with Crippen molar-refractivity contribution >= 4 is 7.82 Å². The van der Waals surface area contributed by atoms with Gasteiger partial charge in [0.15, 0.2) is 25.2 Å². The third-order valence-electron chi connectivity index (χ3n) is 8.42. The van der Waals surface area contributed by atoms with Gasteiger partial charge in [0.2, 0.25) is 0 Å². The van der Waals surface area contributed by atoms with E-state index in [4.69, 9.17) is 38.1 Å². The van der Waals surface area contributed by atoms with E-state index >= 15 is 0 Å². The molecule has 0 amide bonds. The van der Waals surface area contributed by atoms with Gasteiger partial charge >= 0.3 is 0 Å². The highest BCUT2D eigenvalue weighted by atomic mass is 31.2. The van der Waals surface area contributed by atoms with Crippen LogP contribution in [-0.4, -0.2) is 221 Å². The first-order valence-electron chi connectivity index (χ1n) is 14.8. The zero-order chi connectivity index (χ0) is 36.5. The molecule has 0 aliphatic carbocycles. The van der Waals surface area contributed by atoms with Crippen molar-refractivity contribution in [3.63, 3.8) is 0 Å². The fourth-order valence-corrected chi connectivity index (χ4v) is 6.04. The molecule has 4 heterocycles.